The first-order chi connectivity index (χ1) is 59.9. The van der Waals surface area contributed by atoms with Crippen LogP contribution in [0.4, 0.5) is 15.3 Å². The number of primary amides is 1. The molecule has 0 aromatic heterocycles. The van der Waals surface area contributed by atoms with Gasteiger partial charge >= 0.3 is 18.1 Å². The van der Waals surface area contributed by atoms with Crippen LogP contribution >= 0.6 is 55.9 Å². The van der Waals surface area contributed by atoms with E-state index in [9.17, 15) is 78.6 Å². The van der Waals surface area contributed by atoms with E-state index in [-0.39, 0.29) is 128 Å². The van der Waals surface area contributed by atoms with Gasteiger partial charge in [0.1, 0.15) is 60.6 Å². The number of nitrogens with one attached hydrogen (secondary N) is 4. The predicted molar refractivity (Wildman–Crippen MR) is 471 cm³/mol. The lowest BCUT2D eigenvalue weighted by Gasteiger charge is -2.47. The molecule has 696 valence electrons. The van der Waals surface area contributed by atoms with Crippen molar-refractivity contribution in [3.63, 3.8) is 0 Å². The van der Waals surface area contributed by atoms with Crippen LogP contribution in [0.25, 0.3) is 0 Å². The summed E-state index contributed by atoms with van der Waals surface area (Å²) in [6.45, 7) is 14.5. The van der Waals surface area contributed by atoms with Crippen molar-refractivity contribution < 1.29 is 140 Å². The van der Waals surface area contributed by atoms with Crippen molar-refractivity contribution in [3.05, 3.63) is 79.5 Å². The number of likely N-dealkylation sites (N-methyl/N-ethyl adjacent to an activating group) is 1. The molecular weight excluding hydrogens is 1820 g/mol. The van der Waals surface area contributed by atoms with Gasteiger partial charge in [-0.2, -0.15) is 5.48 Å². The van der Waals surface area contributed by atoms with Gasteiger partial charge in [0.15, 0.2) is 47.5 Å². The zero-order valence-corrected chi connectivity index (χ0v) is 77.4. The number of rotatable bonds is 44. The van der Waals surface area contributed by atoms with Gasteiger partial charge in [0, 0.05) is 99.4 Å². The number of nitrogens with zero attached hydrogens (tertiary/aromatic N) is 1. The normalized spacial score (nSPS) is 28.4. The molecule has 2 aromatic carbocycles. The van der Waals surface area contributed by atoms with Crippen LogP contribution in [-0.4, -0.2) is 281 Å². The molecule has 0 spiro atoms. The molecule has 0 saturated carbocycles. The van der Waals surface area contributed by atoms with E-state index in [1.54, 1.807) is 78.8 Å². The van der Waals surface area contributed by atoms with Crippen molar-refractivity contribution in [1.82, 2.24) is 21.0 Å². The summed E-state index contributed by atoms with van der Waals surface area (Å²) in [6, 6.07) is 2.60. The number of Topliss-reactive ketones (excluding diaryl/α,β-unsaturated/α-hetero) is 4. The summed E-state index contributed by atoms with van der Waals surface area (Å²) in [4.78, 5) is 141. The molecule has 4 aliphatic heterocycles. The van der Waals surface area contributed by atoms with E-state index in [1.165, 1.54) is 59.3 Å². The van der Waals surface area contributed by atoms with E-state index in [0.717, 1.165) is 33.3 Å². The number of amides is 5. The number of fused-ring (bicyclic) bond motifs is 2. The van der Waals surface area contributed by atoms with Crippen LogP contribution in [0.2, 0.25) is 0 Å². The van der Waals surface area contributed by atoms with Crippen LogP contribution in [0.5, 0.6) is 17.2 Å². The molecule has 14 N–H and O–H groups in total. The number of allylic oxidation sites excluding steroid dienone is 3. The lowest BCUT2D eigenvalue weighted by atomic mass is 9.72. The highest BCUT2D eigenvalue weighted by atomic mass is 127. The number of hydrogen-bond donors (Lipinski definition) is 12. The van der Waals surface area contributed by atoms with E-state index >= 15 is 0 Å². The van der Waals surface area contributed by atoms with E-state index in [0.29, 0.717) is 46.2 Å². The molecule has 0 radical (unpaired) electrons. The van der Waals surface area contributed by atoms with Gasteiger partial charge in [-0.1, -0.05) is 95.5 Å². The Morgan fingerprint density at radius 3 is 2.12 bits per heavy atom. The number of carboxylic acid groups (broad SMARTS) is 1. The number of halogens is 1. The van der Waals surface area contributed by atoms with Crippen LogP contribution in [0.3, 0.4) is 0 Å². The summed E-state index contributed by atoms with van der Waals surface area (Å²) in [5.41, 5.74) is 12.9. The van der Waals surface area contributed by atoms with Gasteiger partial charge in [-0.25, -0.2) is 9.59 Å². The number of ketones is 4. The standard InChI is InChI=1S/C86H118IN7O29S3/c1-14-94(85(109)116-40-50-25-27-53(28-26-50)91-79(105)52(23-21-32-90-84(89)108)36-57(97)68(43(2)3)92-80(106)51(34-44(4)95)22-18-20-31-88)56-41-115-63(38-61(56)111-10)121-76-71(103)69(47(7)118-83(76)120-60-24-17-15-16-19-30-86(110)39-59(99)54(35-45(5)96)66(60)55(86)29-33-124-125-42-62(100)101)93-123-64-37-58(98)78(49(9)117-64)126-81(107)65-46(6)67(87)74(77(114-13)73(65)112-11)122-82-72(104)75(113-12)70(102)48(8)119-82/h15-16,25-29,43,47-49,51-52,56,58,60-61,63-64,68-72,75-76,78,82-83,93,98,102-104,110H,14,18,20-23,31-42,88H2,1-13H3,(H,91,105)(H,92,106)(H,100,101)(H3,89,90,108)/b16-15-,55-29+/t47-,48+,49-,51-,52-,56+,58+,60+,61+,63+,64+,68+,69-,70+,71+,72-,75-,76-,78-,82+,83+,86+/m1/s1. The largest absolute Gasteiger partial charge is 0.492 e. The number of hydrogen-bond acceptors (Lipinski definition) is 33. The first-order valence-electron chi connectivity index (χ1n) is 41.6. The van der Waals surface area contributed by atoms with Crippen molar-refractivity contribution in [2.24, 2.45) is 29.2 Å². The number of benzene rings is 2. The molecule has 22 atom stereocenters. The first-order valence-corrected chi connectivity index (χ1v) is 46.0. The first kappa shape index (κ1) is 104. The summed E-state index contributed by atoms with van der Waals surface area (Å²) >= 11 is 2.74. The van der Waals surface area contributed by atoms with Crippen LogP contribution in [-0.2, 0) is 87.6 Å². The molecule has 2 aliphatic carbocycles. The average Bonchev–Trinajstić information content (AvgIpc) is 0.758. The quantitative estimate of drug-likeness (QED) is 0.0127. The number of ether oxygens (including phenoxy) is 12. The summed E-state index contributed by atoms with van der Waals surface area (Å²) < 4.78 is 74.5. The number of thioether (sulfide) groups is 1. The Bertz CT molecular complexity index is 4380. The van der Waals surface area contributed by atoms with Gasteiger partial charge in [0.25, 0.3) is 0 Å². The zero-order valence-electron chi connectivity index (χ0n) is 72.7. The topological polar surface area (TPSA) is 515 Å². The number of carbonyl (C=O) groups is 10. The second-order valence-corrected chi connectivity index (χ2v) is 36.4. The third kappa shape index (κ3) is 27.8. The highest BCUT2D eigenvalue weighted by Gasteiger charge is 2.53. The van der Waals surface area contributed by atoms with E-state index < -0.39 is 198 Å². The SMILES string of the molecule is CCN(C(=O)OCc1ccc(NC(=O)[C@H](CCCNC(N)=O)CC(=O)[C@@H](NC(=O)[C@H](CCCCN)CC(C)=O)C(C)C)cc1)[C@H]1CO[C@@H](O[C@H]2[C@H](O[C@H]3C#C/C=C\C#C[C@]4(O)CC(=O)C(CC(C)=O)=C3/C4=C\CSSCC(=O)O)O[C@H](C)[C@@H](NO[C@H]3C[C@H](O)[C@H](SC(=O)c4c(C)c(I)c(O[C@@H]5O[C@@H](C)[C@H](O)[C@@H](OC)[C@H]5O)c(OC)c4OC)[C@@H](C)O3)[C@@H]2O)C[C@@H]1OC. The fourth-order valence-electron chi connectivity index (χ4n) is 15.6. The number of nitrogens with two attached hydrogens (primary N) is 2. The Kier molecular flexibility index (Phi) is 40.9. The molecule has 2 bridgehead atoms. The van der Waals surface area contributed by atoms with Crippen LogP contribution in [0.15, 0.2) is 59.2 Å². The van der Waals surface area contributed by atoms with Crippen LogP contribution in [0, 0.1) is 51.9 Å². The van der Waals surface area contributed by atoms with Gasteiger partial charge in [-0.15, -0.1) is 0 Å². The Labute approximate surface area is 758 Å². The number of anilines is 1. The zero-order chi connectivity index (χ0) is 92.6. The van der Waals surface area contributed by atoms with E-state index in [2.05, 4.69) is 45.1 Å². The van der Waals surface area contributed by atoms with Gasteiger partial charge < -0.3 is 125 Å². The molecule has 4 fully saturated rings. The van der Waals surface area contributed by atoms with E-state index in [4.69, 9.17) is 73.1 Å². The maximum atomic E-state index is 14.7. The van der Waals surface area contributed by atoms with Gasteiger partial charge in [-0.3, -0.25) is 38.4 Å². The number of aliphatic hydroxyl groups is 5. The summed E-state index contributed by atoms with van der Waals surface area (Å²) in [5, 5.41) is 75.3. The lowest BCUT2D eigenvalue weighted by molar-refractivity contribution is -0.337. The molecule has 4 saturated heterocycles. The number of methoxy groups -OCH3 is 4. The number of hydroxylamine groups is 1. The highest BCUT2D eigenvalue weighted by Crippen LogP contribution is 2.50. The van der Waals surface area contributed by atoms with Crippen molar-refractivity contribution in [3.8, 4) is 40.9 Å². The smallest absolute Gasteiger partial charge is 0.410 e. The minimum absolute atomic E-state index is 0.00962. The number of unbranched alkanes of at least 4 members (excludes halogenated alkanes) is 1. The Balaban J connectivity index is 0.997. The van der Waals surface area contributed by atoms with E-state index in [1.807, 2.05) is 22.6 Å². The molecule has 6 aliphatic rings. The van der Waals surface area contributed by atoms with Gasteiger partial charge in [0.2, 0.25) is 29.0 Å². The fourth-order valence-corrected chi connectivity index (χ4v) is 19.0. The minimum atomic E-state index is -2.20. The molecule has 5 amide bonds. The van der Waals surface area contributed by atoms with Gasteiger partial charge in [-0.05, 0) is 145 Å². The van der Waals surface area contributed by atoms with Crippen molar-refractivity contribution in [2.75, 3.05) is 71.5 Å². The molecule has 126 heavy (non-hydrogen) atoms. The van der Waals surface area contributed by atoms with Crippen molar-refractivity contribution >= 4 is 120 Å². The molecule has 36 nitrogen and oxygen atoms in total. The fraction of sp³-hybridized carbons (Fsp3) is 0.628. The number of aliphatic carboxylic acids is 1. The Morgan fingerprint density at radius 1 is 0.794 bits per heavy atom. The molecule has 8 rings (SSSR count). The minimum Gasteiger partial charge on any atom is -0.492 e. The summed E-state index contributed by atoms with van der Waals surface area (Å²) in [5.74, 6) is 5.53. The second-order valence-electron chi connectivity index (χ2n) is 31.7. The number of carbonyl (C=O) groups excluding carboxylic acids is 9. The van der Waals surface area contributed by atoms with Crippen LogP contribution in [0.1, 0.15) is 148 Å². The van der Waals surface area contributed by atoms with Crippen molar-refractivity contribution in [2.45, 2.75) is 261 Å². The Morgan fingerprint density at radius 2 is 1.48 bits per heavy atom. The maximum Gasteiger partial charge on any atom is 0.410 e. The summed E-state index contributed by atoms with van der Waals surface area (Å²) in [6.07, 6.45) is -15.2. The monoisotopic (exact) mass is 1940 g/mol. The number of aliphatic hydroxyl groups excluding tert-OH is 4. The molecular formula is C86H118IN7O29S3. The average molecular weight is 1940 g/mol. The van der Waals surface area contributed by atoms with Crippen LogP contribution < -0.4 is 47.1 Å². The second kappa shape index (κ2) is 49.6. The maximum absolute atomic E-state index is 14.7. The highest BCUT2D eigenvalue weighted by molar-refractivity contribution is 14.1. The molecule has 4 heterocycles. The van der Waals surface area contributed by atoms with Crippen molar-refractivity contribution in [1.29, 1.82) is 0 Å². The number of carboxylic acids is 1. The predicted octanol–water partition coefficient (Wildman–Crippen LogP) is 5.55. The Hall–Kier alpha value is -7.38. The molecule has 0 unspecified atom stereocenters. The summed E-state index contributed by atoms with van der Waals surface area (Å²) in [7, 11) is 7.56. The third-order valence-corrected chi connectivity index (χ3v) is 27.0. The molecule has 2 aromatic rings. The van der Waals surface area contributed by atoms with Gasteiger partial charge in [0.05, 0.1) is 90.3 Å². The number of urea groups is 1. The lowest BCUT2D eigenvalue weighted by Crippen LogP contribution is -2.65. The third-order valence-electron chi connectivity index (χ3n) is 22.2. The molecule has 40 heteroatoms.